The Morgan fingerprint density at radius 2 is 1.89 bits per heavy atom. The van der Waals surface area contributed by atoms with Gasteiger partial charge >= 0.3 is 6.09 Å². The number of cyclic esters (lactones) is 1. The minimum absolute atomic E-state index is 0.184. The molecule has 7 nitrogen and oxygen atoms in total. The summed E-state index contributed by atoms with van der Waals surface area (Å²) in [5.41, 5.74) is 2.82. The number of carbonyl (C=O) groups excluding carboxylic acids is 3. The van der Waals surface area contributed by atoms with Crippen LogP contribution in [0.2, 0.25) is 0 Å². The van der Waals surface area contributed by atoms with Crippen LogP contribution in [0.25, 0.3) is 0 Å². The molecule has 2 heterocycles. The molecule has 0 bridgehead atoms. The average molecular weight is 379 g/mol. The van der Waals surface area contributed by atoms with Gasteiger partial charge in [0.25, 0.3) is 5.91 Å². The third-order valence-corrected chi connectivity index (χ3v) is 4.94. The van der Waals surface area contributed by atoms with Crippen molar-refractivity contribution in [2.45, 2.75) is 19.4 Å². The van der Waals surface area contributed by atoms with Gasteiger partial charge in [-0.2, -0.15) is 0 Å². The molecule has 0 aromatic heterocycles. The van der Waals surface area contributed by atoms with Gasteiger partial charge in [-0.05, 0) is 42.3 Å². The van der Waals surface area contributed by atoms with Crippen LogP contribution < -0.4 is 10.2 Å². The monoisotopic (exact) mass is 379 g/mol. The number of hydrogen-bond acceptors (Lipinski definition) is 4. The Morgan fingerprint density at radius 3 is 2.57 bits per heavy atom. The van der Waals surface area contributed by atoms with E-state index in [-0.39, 0.29) is 17.9 Å². The molecule has 28 heavy (non-hydrogen) atoms. The lowest BCUT2D eigenvalue weighted by molar-refractivity contribution is -0.128. The van der Waals surface area contributed by atoms with Crippen molar-refractivity contribution in [3.8, 4) is 0 Å². The SMILES string of the molecule is O=C(Nc1cccc(N2CCOC2=O)c1)c1ccc(CN2CCCC2=O)cc1. The maximum Gasteiger partial charge on any atom is 0.414 e. The van der Waals surface area contributed by atoms with Gasteiger partial charge in [-0.15, -0.1) is 0 Å². The van der Waals surface area contributed by atoms with Crippen LogP contribution in [0, 0.1) is 0 Å². The fourth-order valence-corrected chi connectivity index (χ4v) is 3.44. The standard InChI is InChI=1S/C21H21N3O4/c25-19-5-2-10-23(19)14-15-6-8-16(9-7-15)20(26)22-17-3-1-4-18(13-17)24-11-12-28-21(24)27/h1,3-4,6-9,13H,2,5,10-12,14H2,(H,22,26). The lowest BCUT2D eigenvalue weighted by atomic mass is 10.1. The molecule has 0 aliphatic carbocycles. The molecule has 3 amide bonds. The van der Waals surface area contributed by atoms with Gasteiger partial charge in [-0.3, -0.25) is 14.5 Å². The molecular formula is C21H21N3O4. The van der Waals surface area contributed by atoms with E-state index in [1.165, 1.54) is 4.90 Å². The van der Waals surface area contributed by atoms with Crippen LogP contribution in [0.4, 0.5) is 16.2 Å². The number of hydrogen-bond donors (Lipinski definition) is 1. The van der Waals surface area contributed by atoms with Crippen molar-refractivity contribution in [2.24, 2.45) is 0 Å². The van der Waals surface area contributed by atoms with E-state index in [2.05, 4.69) is 5.32 Å². The highest BCUT2D eigenvalue weighted by Gasteiger charge is 2.24. The van der Waals surface area contributed by atoms with Gasteiger partial charge in [0.2, 0.25) is 5.91 Å². The molecular weight excluding hydrogens is 358 g/mol. The molecule has 2 aliphatic rings. The first-order valence-electron chi connectivity index (χ1n) is 9.32. The molecule has 144 valence electrons. The molecule has 0 unspecified atom stereocenters. The van der Waals surface area contributed by atoms with Crippen LogP contribution >= 0.6 is 0 Å². The maximum atomic E-state index is 12.5. The number of nitrogens with one attached hydrogen (secondary N) is 1. The second kappa shape index (κ2) is 7.72. The minimum atomic E-state index is -0.379. The Kier molecular flexibility index (Phi) is 4.97. The van der Waals surface area contributed by atoms with E-state index in [1.807, 2.05) is 17.0 Å². The molecule has 1 N–H and O–H groups in total. The summed E-state index contributed by atoms with van der Waals surface area (Å²) in [5, 5.41) is 2.85. The molecule has 0 radical (unpaired) electrons. The first-order valence-corrected chi connectivity index (χ1v) is 9.32. The fourth-order valence-electron chi connectivity index (χ4n) is 3.44. The number of carbonyl (C=O) groups is 3. The molecule has 4 rings (SSSR count). The van der Waals surface area contributed by atoms with E-state index in [0.717, 1.165) is 18.5 Å². The summed E-state index contributed by atoms with van der Waals surface area (Å²) in [5.74, 6) is -0.0477. The largest absolute Gasteiger partial charge is 0.447 e. The zero-order valence-electron chi connectivity index (χ0n) is 15.4. The maximum absolute atomic E-state index is 12.5. The van der Waals surface area contributed by atoms with E-state index in [4.69, 9.17) is 4.74 Å². The zero-order chi connectivity index (χ0) is 19.5. The van der Waals surface area contributed by atoms with E-state index in [1.54, 1.807) is 36.4 Å². The number of anilines is 2. The van der Waals surface area contributed by atoms with Crippen molar-refractivity contribution in [1.29, 1.82) is 0 Å². The zero-order valence-corrected chi connectivity index (χ0v) is 15.4. The van der Waals surface area contributed by atoms with Crippen LogP contribution in [-0.4, -0.2) is 42.5 Å². The highest BCUT2D eigenvalue weighted by Crippen LogP contribution is 2.23. The number of nitrogens with zero attached hydrogens (tertiary/aromatic N) is 2. The number of rotatable bonds is 5. The smallest absolute Gasteiger partial charge is 0.414 e. The van der Waals surface area contributed by atoms with Crippen LogP contribution in [0.1, 0.15) is 28.8 Å². The van der Waals surface area contributed by atoms with E-state index < -0.39 is 0 Å². The normalized spacial score (nSPS) is 16.4. The van der Waals surface area contributed by atoms with Gasteiger partial charge in [0.1, 0.15) is 6.61 Å². The van der Waals surface area contributed by atoms with Crippen molar-refractivity contribution in [3.63, 3.8) is 0 Å². The highest BCUT2D eigenvalue weighted by atomic mass is 16.6. The molecule has 2 aromatic rings. The predicted octanol–water partition coefficient (Wildman–Crippen LogP) is 3.02. The van der Waals surface area contributed by atoms with Crippen LogP contribution in [0.5, 0.6) is 0 Å². The van der Waals surface area contributed by atoms with Crippen molar-refractivity contribution in [1.82, 2.24) is 4.90 Å². The molecule has 2 fully saturated rings. The summed E-state index contributed by atoms with van der Waals surface area (Å²) in [6, 6.07) is 14.4. The molecule has 0 saturated carbocycles. The molecule has 2 aromatic carbocycles. The van der Waals surface area contributed by atoms with E-state index >= 15 is 0 Å². The summed E-state index contributed by atoms with van der Waals surface area (Å²) in [4.78, 5) is 39.3. The number of amides is 3. The summed E-state index contributed by atoms with van der Waals surface area (Å²) < 4.78 is 4.95. The van der Waals surface area contributed by atoms with Gasteiger partial charge in [0.15, 0.2) is 0 Å². The lowest BCUT2D eigenvalue weighted by Crippen LogP contribution is -2.24. The topological polar surface area (TPSA) is 79.0 Å². The number of likely N-dealkylation sites (tertiary alicyclic amines) is 1. The second-order valence-electron chi connectivity index (χ2n) is 6.89. The van der Waals surface area contributed by atoms with E-state index in [9.17, 15) is 14.4 Å². The quantitative estimate of drug-likeness (QED) is 0.866. The molecule has 2 saturated heterocycles. The number of ether oxygens (including phenoxy) is 1. The Bertz CT molecular complexity index is 910. The summed E-state index contributed by atoms with van der Waals surface area (Å²) in [6.45, 7) is 2.23. The molecule has 0 spiro atoms. The number of benzene rings is 2. The molecule has 0 atom stereocenters. The molecule has 7 heteroatoms. The first-order chi connectivity index (χ1) is 13.6. The van der Waals surface area contributed by atoms with Crippen LogP contribution in [-0.2, 0) is 16.1 Å². The minimum Gasteiger partial charge on any atom is -0.447 e. The van der Waals surface area contributed by atoms with Gasteiger partial charge in [0.05, 0.1) is 6.54 Å². The van der Waals surface area contributed by atoms with Gasteiger partial charge < -0.3 is 15.0 Å². The predicted molar refractivity (Wildman–Crippen MR) is 104 cm³/mol. The van der Waals surface area contributed by atoms with Gasteiger partial charge in [-0.25, -0.2) is 4.79 Å². The lowest BCUT2D eigenvalue weighted by Gasteiger charge is -2.16. The van der Waals surface area contributed by atoms with Crippen molar-refractivity contribution in [2.75, 3.05) is 29.9 Å². The van der Waals surface area contributed by atoms with Crippen molar-refractivity contribution in [3.05, 3.63) is 59.7 Å². The summed E-state index contributed by atoms with van der Waals surface area (Å²) in [7, 11) is 0. The van der Waals surface area contributed by atoms with Gasteiger partial charge in [0, 0.05) is 36.4 Å². The van der Waals surface area contributed by atoms with Crippen LogP contribution in [0.15, 0.2) is 48.5 Å². The van der Waals surface area contributed by atoms with Crippen molar-refractivity contribution >= 4 is 29.3 Å². The molecule has 2 aliphatic heterocycles. The average Bonchev–Trinajstić information content (AvgIpc) is 3.31. The van der Waals surface area contributed by atoms with Crippen molar-refractivity contribution < 1.29 is 19.1 Å². The van der Waals surface area contributed by atoms with Gasteiger partial charge in [-0.1, -0.05) is 18.2 Å². The van der Waals surface area contributed by atoms with E-state index in [0.29, 0.717) is 43.1 Å². The fraction of sp³-hybridized carbons (Fsp3) is 0.286. The highest BCUT2D eigenvalue weighted by molar-refractivity contribution is 6.04. The third-order valence-electron chi connectivity index (χ3n) is 4.94. The summed E-state index contributed by atoms with van der Waals surface area (Å²) in [6.07, 6.45) is 1.15. The Morgan fingerprint density at radius 1 is 1.07 bits per heavy atom. The Hall–Kier alpha value is -3.35. The van der Waals surface area contributed by atoms with Crippen LogP contribution in [0.3, 0.4) is 0 Å². The Labute approximate surface area is 162 Å². The first kappa shape index (κ1) is 18.0. The second-order valence-corrected chi connectivity index (χ2v) is 6.89. The Balaban J connectivity index is 1.41. The summed E-state index contributed by atoms with van der Waals surface area (Å²) >= 11 is 0. The third kappa shape index (κ3) is 3.83.